The van der Waals surface area contributed by atoms with Crippen LogP contribution in [0, 0.1) is 0 Å². The van der Waals surface area contributed by atoms with E-state index in [1.54, 1.807) is 18.2 Å². The molecule has 2 rings (SSSR count). The van der Waals surface area contributed by atoms with Crippen LogP contribution in [0.5, 0.6) is 11.5 Å². The predicted octanol–water partition coefficient (Wildman–Crippen LogP) is 2.21. The van der Waals surface area contributed by atoms with Crippen molar-refractivity contribution in [3.63, 3.8) is 0 Å². The van der Waals surface area contributed by atoms with Crippen molar-refractivity contribution >= 4 is 17.5 Å². The standard InChI is InChI=1S/C13H16ClNO3/c1-2-10(8-14)15-13(16)9-3-4-11-12(7-9)18-6-5-17-11/h3-4,7,10H,2,5-6,8H2,1H3,(H,15,16). The molecule has 1 aromatic carbocycles. The second-order valence-corrected chi connectivity index (χ2v) is 4.40. The summed E-state index contributed by atoms with van der Waals surface area (Å²) in [5.41, 5.74) is 0.558. The summed E-state index contributed by atoms with van der Waals surface area (Å²) in [6, 6.07) is 5.17. The van der Waals surface area contributed by atoms with Crippen molar-refractivity contribution < 1.29 is 14.3 Å². The second-order valence-electron chi connectivity index (χ2n) is 4.09. The van der Waals surface area contributed by atoms with E-state index in [2.05, 4.69) is 5.32 Å². The Kier molecular flexibility index (Phi) is 4.31. The normalized spacial score (nSPS) is 15.0. The maximum absolute atomic E-state index is 12.0. The Hall–Kier alpha value is -1.42. The summed E-state index contributed by atoms with van der Waals surface area (Å²) in [7, 11) is 0. The molecule has 0 bridgehead atoms. The van der Waals surface area contributed by atoms with Crippen LogP contribution in [0.25, 0.3) is 0 Å². The first-order valence-electron chi connectivity index (χ1n) is 6.01. The average molecular weight is 270 g/mol. The van der Waals surface area contributed by atoms with Gasteiger partial charge in [-0.25, -0.2) is 0 Å². The number of carbonyl (C=O) groups is 1. The Morgan fingerprint density at radius 2 is 2.11 bits per heavy atom. The van der Waals surface area contributed by atoms with Gasteiger partial charge in [-0.05, 0) is 24.6 Å². The molecular formula is C13H16ClNO3. The molecule has 1 aliphatic rings. The van der Waals surface area contributed by atoms with Crippen LogP contribution in [0.1, 0.15) is 23.7 Å². The van der Waals surface area contributed by atoms with Crippen molar-refractivity contribution in [1.82, 2.24) is 5.32 Å². The van der Waals surface area contributed by atoms with Crippen molar-refractivity contribution in [3.8, 4) is 11.5 Å². The maximum atomic E-state index is 12.0. The molecule has 0 saturated heterocycles. The summed E-state index contributed by atoms with van der Waals surface area (Å²) in [4.78, 5) is 12.0. The number of nitrogens with one attached hydrogen (secondary N) is 1. The predicted molar refractivity (Wildman–Crippen MR) is 69.7 cm³/mol. The smallest absolute Gasteiger partial charge is 0.251 e. The zero-order chi connectivity index (χ0) is 13.0. The van der Waals surface area contributed by atoms with Crippen LogP contribution < -0.4 is 14.8 Å². The van der Waals surface area contributed by atoms with E-state index in [0.717, 1.165) is 6.42 Å². The van der Waals surface area contributed by atoms with Crippen LogP contribution in [0.3, 0.4) is 0 Å². The third kappa shape index (κ3) is 2.88. The highest BCUT2D eigenvalue weighted by molar-refractivity contribution is 6.18. The van der Waals surface area contributed by atoms with Gasteiger partial charge in [0, 0.05) is 17.5 Å². The van der Waals surface area contributed by atoms with E-state index in [1.807, 2.05) is 6.92 Å². The van der Waals surface area contributed by atoms with Gasteiger partial charge in [0.25, 0.3) is 5.91 Å². The SMILES string of the molecule is CCC(CCl)NC(=O)c1ccc2c(c1)OCCO2. The molecule has 5 heteroatoms. The summed E-state index contributed by atoms with van der Waals surface area (Å²) < 4.78 is 10.8. The van der Waals surface area contributed by atoms with Crippen LogP contribution >= 0.6 is 11.6 Å². The van der Waals surface area contributed by atoms with Crippen LogP contribution in [0.2, 0.25) is 0 Å². The molecule has 1 N–H and O–H groups in total. The van der Waals surface area contributed by atoms with Gasteiger partial charge in [-0.3, -0.25) is 4.79 Å². The van der Waals surface area contributed by atoms with Crippen LogP contribution in [0.15, 0.2) is 18.2 Å². The highest BCUT2D eigenvalue weighted by Crippen LogP contribution is 2.30. The zero-order valence-electron chi connectivity index (χ0n) is 10.2. The molecule has 0 saturated carbocycles. The summed E-state index contributed by atoms with van der Waals surface area (Å²) in [6.07, 6.45) is 0.805. The van der Waals surface area contributed by atoms with Gasteiger partial charge in [0.1, 0.15) is 13.2 Å². The fourth-order valence-corrected chi connectivity index (χ4v) is 2.00. The van der Waals surface area contributed by atoms with E-state index in [4.69, 9.17) is 21.1 Å². The van der Waals surface area contributed by atoms with Crippen molar-refractivity contribution in [2.45, 2.75) is 19.4 Å². The number of fused-ring (bicyclic) bond motifs is 1. The minimum Gasteiger partial charge on any atom is -0.486 e. The first-order valence-corrected chi connectivity index (χ1v) is 6.54. The molecule has 98 valence electrons. The van der Waals surface area contributed by atoms with E-state index in [1.165, 1.54) is 0 Å². The lowest BCUT2D eigenvalue weighted by Crippen LogP contribution is -2.35. The first kappa shape index (κ1) is 13.0. The summed E-state index contributed by atoms with van der Waals surface area (Å²) in [6.45, 7) is 3.04. The summed E-state index contributed by atoms with van der Waals surface area (Å²) in [5.74, 6) is 1.57. The summed E-state index contributed by atoms with van der Waals surface area (Å²) in [5, 5.41) is 2.87. The molecule has 0 aromatic heterocycles. The average Bonchev–Trinajstić information content (AvgIpc) is 2.44. The van der Waals surface area contributed by atoms with E-state index >= 15 is 0 Å². The Morgan fingerprint density at radius 3 is 2.78 bits per heavy atom. The minimum atomic E-state index is -0.139. The highest BCUT2D eigenvalue weighted by atomic mass is 35.5. The third-order valence-corrected chi connectivity index (χ3v) is 3.19. The molecule has 1 amide bonds. The number of rotatable bonds is 4. The van der Waals surface area contributed by atoms with Gasteiger partial charge >= 0.3 is 0 Å². The van der Waals surface area contributed by atoms with E-state index in [9.17, 15) is 4.79 Å². The van der Waals surface area contributed by atoms with Crippen molar-refractivity contribution in [2.24, 2.45) is 0 Å². The lowest BCUT2D eigenvalue weighted by molar-refractivity contribution is 0.0938. The Labute approximate surface area is 111 Å². The second kappa shape index (κ2) is 5.96. The highest BCUT2D eigenvalue weighted by Gasteiger charge is 2.16. The number of benzene rings is 1. The van der Waals surface area contributed by atoms with E-state index in [0.29, 0.717) is 36.2 Å². The number of ether oxygens (including phenoxy) is 2. The zero-order valence-corrected chi connectivity index (χ0v) is 11.0. The number of carbonyl (C=O) groups excluding carboxylic acids is 1. The summed E-state index contributed by atoms with van der Waals surface area (Å²) >= 11 is 5.76. The number of amides is 1. The van der Waals surface area contributed by atoms with Gasteiger partial charge in [-0.1, -0.05) is 6.92 Å². The molecule has 0 radical (unpaired) electrons. The Morgan fingerprint density at radius 1 is 1.39 bits per heavy atom. The molecule has 1 atom stereocenters. The Bertz CT molecular complexity index is 432. The fourth-order valence-electron chi connectivity index (χ4n) is 1.70. The Balaban J connectivity index is 2.11. The van der Waals surface area contributed by atoms with Crippen molar-refractivity contribution in [3.05, 3.63) is 23.8 Å². The molecule has 1 aliphatic heterocycles. The molecule has 1 unspecified atom stereocenters. The maximum Gasteiger partial charge on any atom is 0.251 e. The van der Waals surface area contributed by atoms with Gasteiger partial charge in [0.15, 0.2) is 11.5 Å². The molecule has 4 nitrogen and oxygen atoms in total. The number of hydrogen-bond acceptors (Lipinski definition) is 3. The van der Waals surface area contributed by atoms with Gasteiger partial charge in [0.2, 0.25) is 0 Å². The van der Waals surface area contributed by atoms with E-state index in [-0.39, 0.29) is 11.9 Å². The van der Waals surface area contributed by atoms with Crippen LogP contribution in [0.4, 0.5) is 0 Å². The van der Waals surface area contributed by atoms with Crippen LogP contribution in [-0.4, -0.2) is 31.0 Å². The third-order valence-electron chi connectivity index (χ3n) is 2.82. The quantitative estimate of drug-likeness (QED) is 0.853. The monoisotopic (exact) mass is 269 g/mol. The molecule has 1 heterocycles. The molecule has 0 fully saturated rings. The van der Waals surface area contributed by atoms with Crippen molar-refractivity contribution in [1.29, 1.82) is 0 Å². The van der Waals surface area contributed by atoms with Gasteiger partial charge in [-0.15, -0.1) is 11.6 Å². The topological polar surface area (TPSA) is 47.6 Å². The van der Waals surface area contributed by atoms with E-state index < -0.39 is 0 Å². The van der Waals surface area contributed by atoms with Gasteiger partial charge in [0.05, 0.1) is 0 Å². The largest absolute Gasteiger partial charge is 0.486 e. The number of halogens is 1. The number of alkyl halides is 1. The molecule has 0 aliphatic carbocycles. The van der Waals surface area contributed by atoms with Crippen molar-refractivity contribution in [2.75, 3.05) is 19.1 Å². The first-order chi connectivity index (χ1) is 8.74. The molecule has 1 aromatic rings. The van der Waals surface area contributed by atoms with Crippen LogP contribution in [-0.2, 0) is 0 Å². The minimum absolute atomic E-state index is 0.00707. The fraction of sp³-hybridized carbons (Fsp3) is 0.462. The molecule has 0 spiro atoms. The molecule has 18 heavy (non-hydrogen) atoms. The molecular weight excluding hydrogens is 254 g/mol. The number of hydrogen-bond donors (Lipinski definition) is 1. The van der Waals surface area contributed by atoms with Gasteiger partial charge < -0.3 is 14.8 Å². The lowest BCUT2D eigenvalue weighted by Gasteiger charge is -2.19. The van der Waals surface area contributed by atoms with Gasteiger partial charge in [-0.2, -0.15) is 0 Å². The lowest BCUT2D eigenvalue weighted by atomic mass is 10.1.